The van der Waals surface area contributed by atoms with Crippen LogP contribution < -0.4 is 0 Å². The van der Waals surface area contributed by atoms with Gasteiger partial charge in [-0.15, -0.1) is 0 Å². The maximum atomic E-state index is 12.7. The van der Waals surface area contributed by atoms with Gasteiger partial charge in [-0.2, -0.15) is 22.0 Å². The van der Waals surface area contributed by atoms with Crippen LogP contribution in [-0.4, -0.2) is 184 Å². The first kappa shape index (κ1) is 45.6. The van der Waals surface area contributed by atoms with Crippen molar-refractivity contribution in [1.82, 2.24) is 0 Å². The zero-order chi connectivity index (χ0) is 34.7. The Morgan fingerprint density at radius 1 is 0.362 bits per heavy atom. The van der Waals surface area contributed by atoms with Gasteiger partial charge >= 0.3 is 18.1 Å². The molecule has 0 aliphatic heterocycles. The molecule has 0 spiro atoms. The molecule has 0 aliphatic rings. The second-order valence-electron chi connectivity index (χ2n) is 8.94. The molecular weight excluding hydrogens is 655 g/mol. The van der Waals surface area contributed by atoms with Gasteiger partial charge in [0.1, 0.15) is 6.61 Å². The van der Waals surface area contributed by atoms with Crippen LogP contribution in [-0.2, 0) is 66.4 Å². The van der Waals surface area contributed by atoms with Crippen LogP contribution in [0, 0.1) is 0 Å². The Bertz CT molecular complexity index is 680. The van der Waals surface area contributed by atoms with E-state index in [-0.39, 0.29) is 33.0 Å². The Kier molecular flexibility index (Phi) is 32.2. The summed E-state index contributed by atoms with van der Waals surface area (Å²) >= 11 is 0. The van der Waals surface area contributed by atoms with E-state index in [0.29, 0.717) is 119 Å². The topological polar surface area (TPSA) is 137 Å². The first-order valence-corrected chi connectivity index (χ1v) is 15.2. The normalized spacial score (nSPS) is 12.2. The number of hydrogen-bond donors (Lipinski definition) is 0. The van der Waals surface area contributed by atoms with Gasteiger partial charge in [0.2, 0.25) is 0 Å². The molecular formula is C28H51F5O14. The van der Waals surface area contributed by atoms with Crippen LogP contribution in [0.5, 0.6) is 0 Å². The zero-order valence-corrected chi connectivity index (χ0v) is 27.1. The molecule has 0 N–H and O–H groups in total. The van der Waals surface area contributed by atoms with E-state index in [9.17, 15) is 26.7 Å². The third-order valence-electron chi connectivity index (χ3n) is 5.23. The number of alkyl halides is 5. The van der Waals surface area contributed by atoms with Crippen LogP contribution in [0.25, 0.3) is 0 Å². The third kappa shape index (κ3) is 30.4. The molecule has 0 saturated heterocycles. The molecule has 0 atom stereocenters. The average molecular weight is 707 g/mol. The van der Waals surface area contributed by atoms with Gasteiger partial charge in [0, 0.05) is 7.11 Å². The van der Waals surface area contributed by atoms with Crippen molar-refractivity contribution in [2.75, 3.05) is 166 Å². The highest BCUT2D eigenvalue weighted by molar-refractivity contribution is 5.78. The van der Waals surface area contributed by atoms with Gasteiger partial charge in [-0.05, 0) is 0 Å². The van der Waals surface area contributed by atoms with Crippen molar-refractivity contribution >= 4 is 5.97 Å². The van der Waals surface area contributed by atoms with Crippen LogP contribution in [0.1, 0.15) is 0 Å². The van der Waals surface area contributed by atoms with E-state index in [1.807, 2.05) is 0 Å². The molecule has 0 amide bonds. The van der Waals surface area contributed by atoms with Crippen molar-refractivity contribution in [2.24, 2.45) is 0 Å². The molecule has 0 heterocycles. The van der Waals surface area contributed by atoms with Gasteiger partial charge in [-0.1, -0.05) is 0 Å². The van der Waals surface area contributed by atoms with Crippen LogP contribution in [0.3, 0.4) is 0 Å². The Morgan fingerprint density at radius 3 is 0.745 bits per heavy atom. The molecule has 0 aromatic carbocycles. The Morgan fingerprint density at radius 2 is 0.553 bits per heavy atom. The van der Waals surface area contributed by atoms with Crippen molar-refractivity contribution in [2.45, 2.75) is 12.1 Å². The fourth-order valence-corrected chi connectivity index (χ4v) is 2.84. The lowest BCUT2D eigenvalue weighted by atomic mass is 10.3. The van der Waals surface area contributed by atoms with Crippen LogP contribution in [0.2, 0.25) is 0 Å². The maximum absolute atomic E-state index is 12.7. The lowest BCUT2D eigenvalue weighted by Crippen LogP contribution is -2.45. The molecule has 14 nitrogen and oxygen atoms in total. The Balaban J connectivity index is 3.16. The first-order chi connectivity index (χ1) is 22.7. The number of rotatable bonds is 37. The van der Waals surface area contributed by atoms with E-state index in [4.69, 9.17) is 56.8 Å². The minimum absolute atomic E-state index is 0.0216. The molecule has 0 unspecified atom stereocenters. The SMILES string of the molecule is COCCOCCOCCOCCOCCOCCOCCOCCOCCOCCOCCOCCOC(=O)C(F)(F)C(F)(F)F. The summed E-state index contributed by atoms with van der Waals surface area (Å²) in [6, 6.07) is 0. The van der Waals surface area contributed by atoms with E-state index in [1.165, 1.54) is 0 Å². The van der Waals surface area contributed by atoms with E-state index < -0.39 is 24.7 Å². The standard InChI is InChI=1S/C28H51F5O14/c1-35-2-3-36-4-5-37-6-7-38-8-9-39-10-11-40-12-13-41-14-15-42-16-17-43-18-19-44-20-21-45-22-23-46-24-25-47-26(34)27(29,30)28(31,32)33/h2-25H2,1H3. The van der Waals surface area contributed by atoms with Crippen LogP contribution in [0.15, 0.2) is 0 Å². The number of methoxy groups -OCH3 is 1. The minimum Gasteiger partial charge on any atom is -0.459 e. The molecule has 0 fully saturated rings. The molecule has 47 heavy (non-hydrogen) atoms. The van der Waals surface area contributed by atoms with Crippen molar-refractivity contribution < 1.29 is 88.3 Å². The summed E-state index contributed by atoms with van der Waals surface area (Å²) in [5.41, 5.74) is 0. The smallest absolute Gasteiger partial charge is 0.459 e. The largest absolute Gasteiger partial charge is 0.465 e. The monoisotopic (exact) mass is 706 g/mol. The number of ether oxygens (including phenoxy) is 13. The predicted octanol–water partition coefficient (Wildman–Crippen LogP) is 1.56. The van der Waals surface area contributed by atoms with Gasteiger partial charge in [0.05, 0.1) is 152 Å². The number of esters is 1. The van der Waals surface area contributed by atoms with E-state index >= 15 is 0 Å². The van der Waals surface area contributed by atoms with Crippen molar-refractivity contribution in [3.63, 3.8) is 0 Å². The summed E-state index contributed by atoms with van der Waals surface area (Å²) in [5.74, 6) is -8.23. The quantitative estimate of drug-likeness (QED) is 0.0525. The van der Waals surface area contributed by atoms with Crippen molar-refractivity contribution in [1.29, 1.82) is 0 Å². The molecule has 0 aromatic rings. The third-order valence-corrected chi connectivity index (χ3v) is 5.23. The lowest BCUT2D eigenvalue weighted by molar-refractivity contribution is -0.280. The van der Waals surface area contributed by atoms with Crippen LogP contribution >= 0.6 is 0 Å². The van der Waals surface area contributed by atoms with E-state index in [2.05, 4.69) is 4.74 Å². The fourth-order valence-electron chi connectivity index (χ4n) is 2.84. The molecule has 0 aromatic heterocycles. The Hall–Kier alpha value is -1.36. The summed E-state index contributed by atoms with van der Waals surface area (Å²) in [7, 11) is 1.63. The lowest BCUT2D eigenvalue weighted by Gasteiger charge is -2.17. The number of hydrogen-bond acceptors (Lipinski definition) is 14. The molecule has 0 bridgehead atoms. The molecule has 0 rings (SSSR count). The highest BCUT2D eigenvalue weighted by atomic mass is 19.4. The average Bonchev–Trinajstić information content (AvgIpc) is 3.03. The van der Waals surface area contributed by atoms with Gasteiger partial charge in [-0.25, -0.2) is 4.79 Å². The van der Waals surface area contributed by atoms with Crippen molar-refractivity contribution in [3.05, 3.63) is 0 Å². The molecule has 0 aliphatic carbocycles. The van der Waals surface area contributed by atoms with Gasteiger partial charge in [0.15, 0.2) is 0 Å². The minimum atomic E-state index is -6.01. The van der Waals surface area contributed by atoms with Gasteiger partial charge in [-0.3, -0.25) is 0 Å². The highest BCUT2D eigenvalue weighted by Crippen LogP contribution is 2.36. The predicted molar refractivity (Wildman–Crippen MR) is 153 cm³/mol. The molecule has 0 radical (unpaired) electrons. The second kappa shape index (κ2) is 33.2. The summed E-state index contributed by atoms with van der Waals surface area (Å²) < 4.78 is 129. The summed E-state index contributed by atoms with van der Waals surface area (Å²) in [5, 5.41) is 0. The molecule has 0 saturated carbocycles. The van der Waals surface area contributed by atoms with E-state index in [1.54, 1.807) is 7.11 Å². The van der Waals surface area contributed by atoms with Crippen molar-refractivity contribution in [3.8, 4) is 0 Å². The summed E-state index contributed by atoms with van der Waals surface area (Å²) in [6.07, 6.45) is -6.01. The fraction of sp³-hybridized carbons (Fsp3) is 0.964. The maximum Gasteiger partial charge on any atom is 0.465 e. The summed E-state index contributed by atoms with van der Waals surface area (Å²) in [4.78, 5) is 10.8. The van der Waals surface area contributed by atoms with Crippen LogP contribution in [0.4, 0.5) is 22.0 Å². The van der Waals surface area contributed by atoms with Gasteiger partial charge in [0.25, 0.3) is 0 Å². The van der Waals surface area contributed by atoms with Gasteiger partial charge < -0.3 is 61.6 Å². The molecule has 282 valence electrons. The zero-order valence-electron chi connectivity index (χ0n) is 27.1. The number of carbonyl (C=O) groups excluding carboxylic acids is 1. The summed E-state index contributed by atoms with van der Waals surface area (Å²) in [6.45, 7) is 7.94. The molecule has 19 heteroatoms. The number of carbonyl (C=O) groups is 1. The number of halogens is 5. The first-order valence-electron chi connectivity index (χ1n) is 15.2. The van der Waals surface area contributed by atoms with E-state index in [0.717, 1.165) is 0 Å². The highest BCUT2D eigenvalue weighted by Gasteiger charge is 2.64. The second-order valence-corrected chi connectivity index (χ2v) is 8.94. The Labute approximate surface area is 272 Å².